The van der Waals surface area contributed by atoms with E-state index in [-0.39, 0.29) is 12.1 Å². The minimum absolute atomic E-state index is 0.00659. The molecule has 1 atom stereocenters. The van der Waals surface area contributed by atoms with Crippen LogP contribution in [0.4, 0.5) is 10.7 Å². The number of ether oxygens (including phenoxy) is 2. The summed E-state index contributed by atoms with van der Waals surface area (Å²) < 4.78 is 12.3. The number of hydrogen-bond donors (Lipinski definition) is 1. The van der Waals surface area contributed by atoms with E-state index < -0.39 is 5.60 Å². The van der Waals surface area contributed by atoms with Gasteiger partial charge in [-0.3, -0.25) is 0 Å². The van der Waals surface area contributed by atoms with Crippen molar-refractivity contribution in [3.8, 4) is 22.9 Å². The van der Waals surface area contributed by atoms with Gasteiger partial charge in [0.1, 0.15) is 11.4 Å². The Bertz CT molecular complexity index is 1900. The van der Waals surface area contributed by atoms with Crippen LogP contribution in [0.3, 0.4) is 0 Å². The molecule has 0 saturated carbocycles. The highest BCUT2D eigenvalue weighted by Gasteiger charge is 2.28. The Labute approximate surface area is 280 Å². The van der Waals surface area contributed by atoms with Crippen LogP contribution in [-0.2, 0) is 17.6 Å². The van der Waals surface area contributed by atoms with Gasteiger partial charge in [0.15, 0.2) is 0 Å². The van der Waals surface area contributed by atoms with Crippen molar-refractivity contribution in [3.05, 3.63) is 87.6 Å². The first-order chi connectivity index (χ1) is 22.5. The van der Waals surface area contributed by atoms with E-state index in [2.05, 4.69) is 66.4 Å². The van der Waals surface area contributed by atoms with Gasteiger partial charge < -0.3 is 19.7 Å². The van der Waals surface area contributed by atoms with Crippen LogP contribution in [0.15, 0.2) is 60.9 Å². The van der Waals surface area contributed by atoms with Gasteiger partial charge >= 0.3 is 6.09 Å². The van der Waals surface area contributed by atoms with Crippen LogP contribution in [-0.4, -0.2) is 55.7 Å². The van der Waals surface area contributed by atoms with Gasteiger partial charge in [0.05, 0.1) is 22.0 Å². The molecule has 3 aromatic heterocycles. The molecular formula is C37H42N6O3S. The van der Waals surface area contributed by atoms with Crippen LogP contribution in [0.1, 0.15) is 60.3 Å². The third kappa shape index (κ3) is 7.71. The summed E-state index contributed by atoms with van der Waals surface area (Å²) >= 11 is 1.76. The highest BCUT2D eigenvalue weighted by atomic mass is 32.1. The number of nitrogens with zero attached hydrogens (tertiary/aromatic N) is 5. The topological polar surface area (TPSA) is 102 Å². The minimum atomic E-state index is -0.536. The van der Waals surface area contributed by atoms with E-state index in [9.17, 15) is 4.79 Å². The fourth-order valence-electron chi connectivity index (χ4n) is 6.03. The number of rotatable bonds is 8. The zero-order valence-electron chi connectivity index (χ0n) is 28.0. The number of piperidine rings is 1. The number of thiazole rings is 1. The number of hydrogen-bond acceptors (Lipinski definition) is 9. The first-order valence-corrected chi connectivity index (χ1v) is 17.0. The summed E-state index contributed by atoms with van der Waals surface area (Å²) in [5, 5.41) is 6.76. The van der Waals surface area contributed by atoms with Crippen LogP contribution < -0.4 is 10.1 Å². The molecule has 6 rings (SSSR count). The predicted molar refractivity (Wildman–Crippen MR) is 187 cm³/mol. The lowest BCUT2D eigenvalue weighted by Crippen LogP contribution is -2.47. The SMILES string of the molecule is Cc1nc(CCc2cccc3c(Oc4ncccc4-c4ccnc(N[C@H]5CCCN(C(=O)OC(C)(C)C)C5)n4)c(C)ccc23)c(C)s1. The lowest BCUT2D eigenvalue weighted by Gasteiger charge is -2.34. The van der Waals surface area contributed by atoms with Crippen LogP contribution in [0.2, 0.25) is 0 Å². The van der Waals surface area contributed by atoms with Crippen molar-refractivity contribution in [1.29, 1.82) is 0 Å². The van der Waals surface area contributed by atoms with Crippen LogP contribution >= 0.6 is 11.3 Å². The second kappa shape index (κ2) is 13.7. The second-order valence-corrected chi connectivity index (χ2v) is 14.5. The Morgan fingerprint density at radius 1 is 0.979 bits per heavy atom. The number of likely N-dealkylation sites (tertiary alicyclic amines) is 1. The quantitative estimate of drug-likeness (QED) is 0.178. The molecule has 1 N–H and O–H groups in total. The molecule has 9 nitrogen and oxygen atoms in total. The number of carbonyl (C=O) groups excluding carboxylic acids is 1. The van der Waals surface area contributed by atoms with Gasteiger partial charge in [0, 0.05) is 41.8 Å². The summed E-state index contributed by atoms with van der Waals surface area (Å²) in [5.41, 5.74) is 4.38. The molecule has 244 valence electrons. The molecule has 47 heavy (non-hydrogen) atoms. The maximum absolute atomic E-state index is 12.7. The van der Waals surface area contributed by atoms with Crippen molar-refractivity contribution in [2.24, 2.45) is 0 Å². The molecule has 1 amide bonds. The molecule has 1 saturated heterocycles. The summed E-state index contributed by atoms with van der Waals surface area (Å²) in [6, 6.07) is 16.4. The second-order valence-electron chi connectivity index (χ2n) is 13.1. The summed E-state index contributed by atoms with van der Waals surface area (Å²) in [6.45, 7) is 13.1. The number of carbonyl (C=O) groups is 1. The molecule has 1 fully saturated rings. The molecule has 0 unspecified atom stereocenters. The maximum Gasteiger partial charge on any atom is 0.410 e. The van der Waals surface area contributed by atoms with Crippen molar-refractivity contribution >= 4 is 34.2 Å². The molecule has 0 spiro atoms. The Kier molecular flexibility index (Phi) is 9.40. The number of aryl methyl sites for hydroxylation is 5. The van der Waals surface area contributed by atoms with Gasteiger partial charge in [-0.25, -0.2) is 24.7 Å². The fourth-order valence-corrected chi connectivity index (χ4v) is 6.89. The van der Waals surface area contributed by atoms with Crippen molar-refractivity contribution in [2.75, 3.05) is 18.4 Å². The summed E-state index contributed by atoms with van der Waals surface area (Å²) in [6.07, 6.45) is 6.73. The molecule has 1 aliphatic rings. The average Bonchev–Trinajstić information content (AvgIpc) is 3.37. The van der Waals surface area contributed by atoms with Crippen LogP contribution in [0.5, 0.6) is 11.6 Å². The normalized spacial score (nSPS) is 15.1. The molecule has 1 aliphatic heterocycles. The highest BCUT2D eigenvalue weighted by Crippen LogP contribution is 2.38. The van der Waals surface area contributed by atoms with Gasteiger partial charge in [0.2, 0.25) is 11.8 Å². The Morgan fingerprint density at radius 3 is 2.62 bits per heavy atom. The molecular weight excluding hydrogens is 609 g/mol. The number of benzene rings is 2. The fraction of sp³-hybridized carbons (Fsp3) is 0.378. The first-order valence-electron chi connectivity index (χ1n) is 16.2. The number of pyridine rings is 1. The maximum atomic E-state index is 12.7. The van der Waals surface area contributed by atoms with Crippen LogP contribution in [0.25, 0.3) is 22.0 Å². The van der Waals surface area contributed by atoms with Crippen molar-refractivity contribution in [3.63, 3.8) is 0 Å². The predicted octanol–water partition coefficient (Wildman–Crippen LogP) is 8.46. The minimum Gasteiger partial charge on any atom is -0.444 e. The lowest BCUT2D eigenvalue weighted by atomic mass is 9.97. The summed E-state index contributed by atoms with van der Waals surface area (Å²) in [5.74, 6) is 1.74. The average molecular weight is 651 g/mol. The first kappa shape index (κ1) is 32.4. The third-order valence-corrected chi connectivity index (χ3v) is 9.17. The van der Waals surface area contributed by atoms with E-state index in [1.165, 1.54) is 16.1 Å². The number of nitrogens with one attached hydrogen (secondary N) is 1. The van der Waals surface area contributed by atoms with Crippen LogP contribution in [0, 0.1) is 20.8 Å². The standard InChI is InChI=1S/C37H42N6O3S/c1-23-14-16-28-26(15-17-31-24(2)47-25(3)40-31)10-7-12-29(28)33(23)45-34-30(13-8-19-38-34)32-18-20-39-35(42-32)41-27-11-9-21-43(22-27)36(44)46-37(4,5)6/h7-8,10,12-14,16,18-20,27H,9,11,15,17,21-22H2,1-6H3,(H,39,41,42)/t27-/m0/s1. The Balaban J connectivity index is 1.22. The monoisotopic (exact) mass is 650 g/mol. The van der Waals surface area contributed by atoms with Crippen molar-refractivity contribution in [2.45, 2.75) is 78.9 Å². The lowest BCUT2D eigenvalue weighted by molar-refractivity contribution is 0.0206. The highest BCUT2D eigenvalue weighted by molar-refractivity contribution is 7.11. The molecule has 4 heterocycles. The summed E-state index contributed by atoms with van der Waals surface area (Å²) in [7, 11) is 0. The molecule has 10 heteroatoms. The third-order valence-electron chi connectivity index (χ3n) is 8.24. The van der Waals surface area contributed by atoms with Gasteiger partial charge in [-0.15, -0.1) is 11.3 Å². The van der Waals surface area contributed by atoms with Crippen molar-refractivity contribution < 1.29 is 14.3 Å². The summed E-state index contributed by atoms with van der Waals surface area (Å²) in [4.78, 5) is 34.5. The molecule has 0 bridgehead atoms. The zero-order valence-corrected chi connectivity index (χ0v) is 28.8. The Morgan fingerprint density at radius 2 is 1.83 bits per heavy atom. The van der Waals surface area contributed by atoms with E-state index >= 15 is 0 Å². The van der Waals surface area contributed by atoms with Gasteiger partial charge in [0.25, 0.3) is 0 Å². The number of amides is 1. The Hall–Kier alpha value is -4.57. The van der Waals surface area contributed by atoms with E-state index in [0.717, 1.165) is 58.3 Å². The van der Waals surface area contributed by atoms with E-state index in [1.54, 1.807) is 28.6 Å². The zero-order chi connectivity index (χ0) is 33.1. The number of aromatic nitrogens is 4. The van der Waals surface area contributed by atoms with E-state index in [0.29, 0.717) is 30.6 Å². The van der Waals surface area contributed by atoms with Gasteiger partial charge in [-0.05, 0) is 102 Å². The number of anilines is 1. The molecule has 0 aliphatic carbocycles. The largest absolute Gasteiger partial charge is 0.444 e. The van der Waals surface area contributed by atoms with Gasteiger partial charge in [-0.1, -0.05) is 30.3 Å². The van der Waals surface area contributed by atoms with E-state index in [4.69, 9.17) is 19.4 Å². The number of fused-ring (bicyclic) bond motifs is 1. The molecule has 5 aromatic rings. The van der Waals surface area contributed by atoms with Crippen molar-refractivity contribution in [1.82, 2.24) is 24.8 Å². The van der Waals surface area contributed by atoms with E-state index in [1.807, 2.05) is 39.0 Å². The smallest absolute Gasteiger partial charge is 0.410 e. The van der Waals surface area contributed by atoms with Gasteiger partial charge in [-0.2, -0.15) is 0 Å². The molecule has 0 radical (unpaired) electrons. The molecule has 2 aromatic carbocycles.